The molecule has 0 spiro atoms. The molecule has 11 heteroatoms. The van der Waals surface area contributed by atoms with Crippen LogP contribution in [0.4, 0.5) is 11.4 Å². The standard InChI is InChI=1S/C36H44N2O7S2/c1-35(2)28-14-5-7-16-30(28)37(22-10-24-46(40,41)42)32(35)20-18-26-12-9-13-27(34(26)39)19-21-33-36(3,4)29-15-6-8-17-31(29)38(33)23-11-25-47(43,44)45/h5-8,14-21H,9-13,22-25H2,1-4H3,(H2,40,41,42,43,44,45)/b26-18+,32-20+. The Bertz CT molecular complexity index is 1930. The number of fused-ring (bicyclic) bond motifs is 2. The van der Waals surface area contributed by atoms with E-state index in [9.17, 15) is 31.0 Å². The van der Waals surface area contributed by atoms with E-state index in [-0.39, 0.29) is 35.2 Å². The first-order chi connectivity index (χ1) is 22.0. The second-order valence-corrected chi connectivity index (χ2v) is 16.6. The third-order valence-electron chi connectivity index (χ3n) is 9.54. The molecule has 5 rings (SSSR count). The van der Waals surface area contributed by atoms with Gasteiger partial charge in [0.2, 0.25) is 5.69 Å². The molecule has 0 bridgehead atoms. The minimum absolute atomic E-state index is 0.204. The van der Waals surface area contributed by atoms with Gasteiger partial charge in [-0.3, -0.25) is 4.55 Å². The zero-order valence-electron chi connectivity index (χ0n) is 27.4. The van der Waals surface area contributed by atoms with Crippen LogP contribution in [0.15, 0.2) is 95.4 Å². The molecule has 1 aliphatic carbocycles. The first kappa shape index (κ1) is 34.8. The van der Waals surface area contributed by atoms with Gasteiger partial charge in [0, 0.05) is 53.2 Å². The second kappa shape index (κ2) is 13.2. The monoisotopic (exact) mass is 680 g/mol. The molecule has 2 aliphatic heterocycles. The number of anilines is 1. The van der Waals surface area contributed by atoms with Crippen LogP contribution >= 0.6 is 0 Å². The second-order valence-electron chi connectivity index (χ2n) is 13.5. The molecule has 3 aliphatic rings. The minimum atomic E-state index is -4.32. The van der Waals surface area contributed by atoms with E-state index < -0.39 is 26.0 Å². The third kappa shape index (κ3) is 7.48. The molecular weight excluding hydrogens is 637 g/mol. The summed E-state index contributed by atoms with van der Waals surface area (Å²) in [5.74, 6) is -0.526. The number of nitrogens with zero attached hydrogens (tertiary/aromatic N) is 2. The number of allylic oxidation sites excluding steroid dienone is 7. The Balaban J connectivity index is 1.47. The van der Waals surface area contributed by atoms with Crippen molar-refractivity contribution < 1.29 is 35.6 Å². The van der Waals surface area contributed by atoms with Crippen molar-refractivity contribution in [1.29, 1.82) is 0 Å². The van der Waals surface area contributed by atoms with Gasteiger partial charge in [-0.25, -0.2) is 8.42 Å². The maximum atomic E-state index is 11.5. The van der Waals surface area contributed by atoms with Crippen molar-refractivity contribution in [3.63, 3.8) is 0 Å². The van der Waals surface area contributed by atoms with Gasteiger partial charge in [-0.15, -0.1) is 0 Å². The molecule has 47 heavy (non-hydrogen) atoms. The molecule has 0 fully saturated rings. The average molecular weight is 681 g/mol. The number of rotatable bonds is 11. The summed E-state index contributed by atoms with van der Waals surface area (Å²) >= 11 is 0. The fourth-order valence-electron chi connectivity index (χ4n) is 7.16. The molecule has 2 aromatic carbocycles. The smallest absolute Gasteiger partial charge is 0.264 e. The quantitative estimate of drug-likeness (QED) is 0.204. The van der Waals surface area contributed by atoms with E-state index in [1.807, 2.05) is 60.7 Å². The lowest BCUT2D eigenvalue weighted by atomic mass is 9.81. The van der Waals surface area contributed by atoms with Crippen LogP contribution in [0.25, 0.3) is 0 Å². The van der Waals surface area contributed by atoms with Crippen molar-refractivity contribution in [2.24, 2.45) is 0 Å². The molecule has 2 heterocycles. The van der Waals surface area contributed by atoms with E-state index >= 15 is 0 Å². The van der Waals surface area contributed by atoms with Crippen LogP contribution in [-0.2, 0) is 31.1 Å². The maximum absolute atomic E-state index is 11.5. The van der Waals surface area contributed by atoms with E-state index in [1.165, 1.54) is 0 Å². The number of hydrogen-bond donors (Lipinski definition) is 2. The van der Waals surface area contributed by atoms with Crippen LogP contribution < -0.4 is 4.90 Å². The lowest BCUT2D eigenvalue weighted by molar-refractivity contribution is -0.437. The molecule has 9 nitrogen and oxygen atoms in total. The first-order valence-electron chi connectivity index (χ1n) is 16.0. The van der Waals surface area contributed by atoms with E-state index in [2.05, 4.69) is 49.3 Å². The maximum Gasteiger partial charge on any atom is 0.264 e. The van der Waals surface area contributed by atoms with Crippen molar-refractivity contribution >= 4 is 37.3 Å². The van der Waals surface area contributed by atoms with Gasteiger partial charge in [0.1, 0.15) is 12.3 Å². The zero-order chi connectivity index (χ0) is 34.2. The molecule has 0 radical (unpaired) electrons. The summed E-state index contributed by atoms with van der Waals surface area (Å²) in [7, 11) is -8.40. The van der Waals surface area contributed by atoms with Crippen LogP contribution in [-0.4, -0.2) is 65.9 Å². The Morgan fingerprint density at radius 1 is 0.872 bits per heavy atom. The molecule has 0 atom stereocenters. The van der Waals surface area contributed by atoms with E-state index in [0.29, 0.717) is 25.9 Å². The highest BCUT2D eigenvalue weighted by molar-refractivity contribution is 7.85. The number of aliphatic hydroxyl groups is 1. The fraction of sp³-hybridized carbons (Fsp3) is 0.417. The number of aliphatic hydroxyl groups excluding tert-OH is 1. The van der Waals surface area contributed by atoms with Crippen LogP contribution in [0, 0.1) is 0 Å². The predicted molar refractivity (Wildman–Crippen MR) is 185 cm³/mol. The topological polar surface area (TPSA) is 138 Å². The zero-order valence-corrected chi connectivity index (χ0v) is 29.1. The summed E-state index contributed by atoms with van der Waals surface area (Å²) in [5, 5.41) is 11.5. The lowest BCUT2D eigenvalue weighted by Gasteiger charge is -2.27. The molecule has 252 valence electrons. The van der Waals surface area contributed by atoms with Gasteiger partial charge < -0.3 is 14.6 Å². The van der Waals surface area contributed by atoms with Crippen molar-refractivity contribution in [2.45, 2.75) is 70.6 Å². The largest absolute Gasteiger partial charge is 0.748 e. The van der Waals surface area contributed by atoms with Gasteiger partial charge in [0.25, 0.3) is 10.1 Å². The molecular formula is C36H44N2O7S2. The van der Waals surface area contributed by atoms with E-state index in [4.69, 9.17) is 0 Å². The Morgan fingerprint density at radius 3 is 2.26 bits per heavy atom. The molecule has 2 aromatic rings. The minimum Gasteiger partial charge on any atom is -0.748 e. The van der Waals surface area contributed by atoms with Gasteiger partial charge >= 0.3 is 0 Å². The highest BCUT2D eigenvalue weighted by Crippen LogP contribution is 2.48. The van der Waals surface area contributed by atoms with Gasteiger partial charge in [-0.2, -0.15) is 13.0 Å². The summed E-state index contributed by atoms with van der Waals surface area (Å²) in [5.41, 5.74) is 7.04. The predicted octanol–water partition coefficient (Wildman–Crippen LogP) is 6.44. The summed E-state index contributed by atoms with van der Waals surface area (Å²) < 4.78 is 68.2. The molecule has 2 N–H and O–H groups in total. The molecule has 0 saturated heterocycles. The fourth-order valence-corrected chi connectivity index (χ4v) is 8.14. The summed E-state index contributed by atoms with van der Waals surface area (Å²) in [6.07, 6.45) is 10.7. The first-order valence-corrected chi connectivity index (χ1v) is 19.2. The van der Waals surface area contributed by atoms with Crippen LogP contribution in [0.5, 0.6) is 0 Å². The average Bonchev–Trinajstić information content (AvgIpc) is 3.33. The Kier molecular flexibility index (Phi) is 9.76. The van der Waals surface area contributed by atoms with Gasteiger partial charge in [0.15, 0.2) is 5.71 Å². The van der Waals surface area contributed by atoms with Crippen LogP contribution in [0.2, 0.25) is 0 Å². The van der Waals surface area contributed by atoms with Crippen molar-refractivity contribution in [3.8, 4) is 0 Å². The Morgan fingerprint density at radius 2 is 1.55 bits per heavy atom. The number of hydrogen-bond acceptors (Lipinski definition) is 7. The number of benzene rings is 2. The van der Waals surface area contributed by atoms with E-state index in [0.717, 1.165) is 51.5 Å². The van der Waals surface area contributed by atoms with Crippen LogP contribution in [0.1, 0.15) is 70.9 Å². The molecule has 0 unspecified atom stereocenters. The lowest BCUT2D eigenvalue weighted by Crippen LogP contribution is -2.28. The molecule has 0 amide bonds. The van der Waals surface area contributed by atoms with Crippen molar-refractivity contribution in [1.82, 2.24) is 0 Å². The number of para-hydroxylation sites is 2. The van der Waals surface area contributed by atoms with Gasteiger partial charge in [-0.1, -0.05) is 56.3 Å². The molecule has 0 aromatic heterocycles. The summed E-state index contributed by atoms with van der Waals surface area (Å²) in [6.45, 7) is 9.28. The Labute approximate surface area is 278 Å². The summed E-state index contributed by atoms with van der Waals surface area (Å²) in [4.78, 5) is 2.10. The SMILES string of the molecule is CC1(C)C(/C=C/C2=C(O)C(=C/C=C3/N(CCCS(=O)(=O)O)c4ccccc4C3(C)C)/CCC2)=[N+](CCCS(=O)(=O)[O-])c2ccccc21. The van der Waals surface area contributed by atoms with Gasteiger partial charge in [-0.05, 0) is 74.5 Å². The normalized spacial score (nSPS) is 20.9. The van der Waals surface area contributed by atoms with Gasteiger partial charge in [0.05, 0.1) is 21.3 Å². The molecule has 0 saturated carbocycles. The Hall–Kier alpha value is -3.51. The van der Waals surface area contributed by atoms with E-state index in [1.54, 1.807) is 0 Å². The highest BCUT2D eigenvalue weighted by Gasteiger charge is 2.44. The van der Waals surface area contributed by atoms with Crippen molar-refractivity contribution in [2.75, 3.05) is 29.5 Å². The third-order valence-corrected chi connectivity index (χ3v) is 11.1. The summed E-state index contributed by atoms with van der Waals surface area (Å²) in [6, 6.07) is 16.0. The van der Waals surface area contributed by atoms with Crippen molar-refractivity contribution in [3.05, 3.63) is 107 Å². The highest BCUT2D eigenvalue weighted by atomic mass is 32.2. The van der Waals surface area contributed by atoms with Crippen LogP contribution in [0.3, 0.4) is 0 Å².